The van der Waals surface area contributed by atoms with Crippen molar-refractivity contribution in [3.63, 3.8) is 0 Å². The molecule has 2 N–H and O–H groups in total. The van der Waals surface area contributed by atoms with Crippen molar-refractivity contribution in [2.75, 3.05) is 92.0 Å². The van der Waals surface area contributed by atoms with Crippen molar-refractivity contribution in [1.29, 1.82) is 0 Å². The SMILES string of the molecule is CCOC(=O)N1CCc2c([nH]c3ccc(Cl)cc23)C1c1ccc(OCCCCCCN2CCCCC2)cc1.CCOC(=O)N1CCc2c([nH]c3ccc(Cl)cc23)C1c1ccc(OCCCCCCN2CCOCC2)cc1. The number of carbonyl (C=O) groups is 2. The van der Waals surface area contributed by atoms with Crippen LogP contribution in [0.25, 0.3) is 21.8 Å². The first-order chi connectivity index (χ1) is 37.3. The highest BCUT2D eigenvalue weighted by atomic mass is 35.5. The fraction of sp³-hybridized carbons (Fsp3) is 0.508. The van der Waals surface area contributed by atoms with Crippen LogP contribution in [0.5, 0.6) is 11.5 Å². The van der Waals surface area contributed by atoms with Crippen molar-refractivity contribution in [1.82, 2.24) is 29.6 Å². The van der Waals surface area contributed by atoms with Crippen LogP contribution in [0.15, 0.2) is 84.9 Å². The summed E-state index contributed by atoms with van der Waals surface area (Å²) in [5.41, 5.74) is 8.59. The van der Waals surface area contributed by atoms with Crippen LogP contribution in [0.4, 0.5) is 9.59 Å². The Balaban J connectivity index is 0.000000186. The molecule has 4 aromatic carbocycles. The number of H-pyrrole nitrogens is 2. The molecule has 0 saturated carbocycles. The molecule has 2 amide bonds. The molecule has 4 aliphatic rings. The summed E-state index contributed by atoms with van der Waals surface area (Å²) in [7, 11) is 0. The molecule has 2 aromatic heterocycles. The number of fused-ring (bicyclic) bond motifs is 6. The number of amides is 2. The van der Waals surface area contributed by atoms with Gasteiger partial charge in [-0.1, -0.05) is 79.6 Å². The van der Waals surface area contributed by atoms with Crippen LogP contribution in [0.1, 0.15) is 130 Å². The molecule has 76 heavy (non-hydrogen) atoms. The van der Waals surface area contributed by atoms with Crippen molar-refractivity contribution < 1.29 is 33.3 Å². The van der Waals surface area contributed by atoms with E-state index in [2.05, 4.69) is 44.0 Å². The number of nitrogens with zero attached hydrogens (tertiary/aromatic N) is 4. The summed E-state index contributed by atoms with van der Waals surface area (Å²) >= 11 is 12.6. The van der Waals surface area contributed by atoms with E-state index < -0.39 is 0 Å². The predicted molar refractivity (Wildman–Crippen MR) is 304 cm³/mol. The molecule has 6 aromatic rings. The Morgan fingerprint density at radius 3 is 1.42 bits per heavy atom. The number of hydrogen-bond donors (Lipinski definition) is 2. The number of ether oxygens (including phenoxy) is 5. The maximum atomic E-state index is 12.9. The second-order valence-electron chi connectivity index (χ2n) is 20.5. The zero-order valence-electron chi connectivity index (χ0n) is 44.7. The molecule has 13 nitrogen and oxygen atoms in total. The van der Waals surface area contributed by atoms with Crippen molar-refractivity contribution >= 4 is 57.2 Å². The molecule has 0 spiro atoms. The molecular formula is C61H78Cl2N6O7. The maximum Gasteiger partial charge on any atom is 0.410 e. The summed E-state index contributed by atoms with van der Waals surface area (Å²) in [6, 6.07) is 27.6. The van der Waals surface area contributed by atoms with Gasteiger partial charge in [-0.3, -0.25) is 14.7 Å². The summed E-state index contributed by atoms with van der Waals surface area (Å²) in [4.78, 5) is 41.7. The third-order valence-electron chi connectivity index (χ3n) is 15.4. The summed E-state index contributed by atoms with van der Waals surface area (Å²) in [6.45, 7) is 15.8. The van der Waals surface area contributed by atoms with Crippen molar-refractivity contribution in [2.45, 2.75) is 109 Å². The topological polar surface area (TPSA) is 125 Å². The van der Waals surface area contributed by atoms with Gasteiger partial charge in [0.2, 0.25) is 0 Å². The largest absolute Gasteiger partial charge is 0.494 e. The van der Waals surface area contributed by atoms with E-state index in [0.717, 1.165) is 114 Å². The van der Waals surface area contributed by atoms with Crippen LogP contribution < -0.4 is 9.47 Å². The average Bonchev–Trinajstić information content (AvgIpc) is 4.01. The average molecular weight is 1080 g/mol. The minimum absolute atomic E-state index is 0.252. The molecule has 10 rings (SSSR count). The Morgan fingerprint density at radius 1 is 0.539 bits per heavy atom. The molecule has 2 saturated heterocycles. The molecule has 0 aliphatic carbocycles. The fourth-order valence-corrected chi connectivity index (χ4v) is 11.8. The van der Waals surface area contributed by atoms with E-state index in [1.165, 1.54) is 95.1 Å². The first kappa shape index (κ1) is 55.3. The van der Waals surface area contributed by atoms with Gasteiger partial charge >= 0.3 is 12.2 Å². The van der Waals surface area contributed by atoms with Crippen molar-refractivity contribution in [3.05, 3.63) is 129 Å². The number of carbonyl (C=O) groups excluding carboxylic acids is 2. The number of halogens is 2. The number of piperidine rings is 1. The summed E-state index contributed by atoms with van der Waals surface area (Å²) in [5.74, 6) is 1.72. The van der Waals surface area contributed by atoms with E-state index in [4.69, 9.17) is 46.9 Å². The highest BCUT2D eigenvalue weighted by molar-refractivity contribution is 6.31. The van der Waals surface area contributed by atoms with Gasteiger partial charge in [-0.15, -0.1) is 0 Å². The maximum absolute atomic E-state index is 12.9. The van der Waals surface area contributed by atoms with Gasteiger partial charge < -0.3 is 38.6 Å². The number of benzene rings is 4. The lowest BCUT2D eigenvalue weighted by atomic mass is 9.92. The smallest absolute Gasteiger partial charge is 0.410 e. The van der Waals surface area contributed by atoms with Gasteiger partial charge in [0.15, 0.2) is 0 Å². The molecule has 0 radical (unpaired) electrons. The van der Waals surface area contributed by atoms with Gasteiger partial charge in [-0.05, 0) is 174 Å². The van der Waals surface area contributed by atoms with E-state index in [-0.39, 0.29) is 24.3 Å². The van der Waals surface area contributed by atoms with Crippen LogP contribution in [-0.2, 0) is 27.1 Å². The first-order valence-electron chi connectivity index (χ1n) is 28.2. The fourth-order valence-electron chi connectivity index (χ4n) is 11.5. The van der Waals surface area contributed by atoms with Gasteiger partial charge in [-0.2, -0.15) is 0 Å². The van der Waals surface area contributed by atoms with Gasteiger partial charge in [0.05, 0.1) is 39.6 Å². The lowest BCUT2D eigenvalue weighted by Gasteiger charge is -2.35. The molecule has 0 bridgehead atoms. The van der Waals surface area contributed by atoms with Gasteiger partial charge in [-0.25, -0.2) is 9.59 Å². The zero-order chi connectivity index (χ0) is 52.6. The monoisotopic (exact) mass is 1080 g/mol. The normalized spacial score (nSPS) is 17.9. The third-order valence-corrected chi connectivity index (χ3v) is 15.9. The number of unbranched alkanes of at least 4 members (excludes halogenated alkanes) is 6. The second-order valence-corrected chi connectivity index (χ2v) is 21.4. The molecular weight excluding hydrogens is 1000 g/mol. The van der Waals surface area contributed by atoms with Crippen LogP contribution in [0.2, 0.25) is 10.0 Å². The Hall–Kier alpha value is -5.44. The number of hydrogen-bond acceptors (Lipinski definition) is 9. The Labute approximate surface area is 459 Å². The predicted octanol–water partition coefficient (Wildman–Crippen LogP) is 13.5. The third kappa shape index (κ3) is 14.2. The summed E-state index contributed by atoms with van der Waals surface area (Å²) < 4.78 is 28.3. The lowest BCUT2D eigenvalue weighted by molar-refractivity contribution is 0.0371. The summed E-state index contributed by atoms with van der Waals surface area (Å²) in [5, 5.41) is 3.66. The van der Waals surface area contributed by atoms with Gasteiger partial charge in [0.1, 0.15) is 23.6 Å². The number of aromatic nitrogens is 2. The van der Waals surface area contributed by atoms with Crippen LogP contribution in [0.3, 0.4) is 0 Å². The molecule has 2 unspecified atom stereocenters. The molecule has 15 heteroatoms. The number of morpholine rings is 1. The van der Waals surface area contributed by atoms with E-state index in [1.807, 2.05) is 84.3 Å². The minimum Gasteiger partial charge on any atom is -0.494 e. The Bertz CT molecular complexity index is 2600. The second kappa shape index (κ2) is 27.7. The zero-order valence-corrected chi connectivity index (χ0v) is 46.2. The van der Waals surface area contributed by atoms with E-state index in [0.29, 0.717) is 43.0 Å². The Kier molecular flexibility index (Phi) is 20.2. The van der Waals surface area contributed by atoms with Crippen molar-refractivity contribution in [2.24, 2.45) is 0 Å². The van der Waals surface area contributed by atoms with Gasteiger partial charge in [0.25, 0.3) is 0 Å². The Morgan fingerprint density at radius 2 is 0.974 bits per heavy atom. The van der Waals surface area contributed by atoms with Crippen LogP contribution in [-0.4, -0.2) is 134 Å². The van der Waals surface area contributed by atoms with Gasteiger partial charge in [0, 0.05) is 69.4 Å². The highest BCUT2D eigenvalue weighted by Crippen LogP contribution is 2.42. The van der Waals surface area contributed by atoms with Crippen molar-refractivity contribution in [3.8, 4) is 11.5 Å². The summed E-state index contributed by atoms with van der Waals surface area (Å²) in [6.07, 6.45) is 14.6. The molecule has 4 aliphatic heterocycles. The molecule has 6 heterocycles. The van der Waals surface area contributed by atoms with E-state index in [1.54, 1.807) is 0 Å². The van der Waals surface area contributed by atoms with E-state index in [9.17, 15) is 9.59 Å². The molecule has 2 fully saturated rings. The highest BCUT2D eigenvalue weighted by Gasteiger charge is 2.37. The quantitative estimate of drug-likeness (QED) is 0.0719. The first-order valence-corrected chi connectivity index (χ1v) is 29.0. The van der Waals surface area contributed by atoms with Crippen LogP contribution in [0, 0.1) is 0 Å². The number of rotatable bonds is 20. The minimum atomic E-state index is -0.297. The lowest BCUT2D eigenvalue weighted by Crippen LogP contribution is -2.40. The van der Waals surface area contributed by atoms with Crippen LogP contribution >= 0.6 is 23.2 Å². The number of likely N-dealkylation sites (tertiary alicyclic amines) is 1. The van der Waals surface area contributed by atoms with E-state index >= 15 is 0 Å². The molecule has 408 valence electrons. The number of nitrogens with one attached hydrogen (secondary N) is 2. The number of aromatic amines is 2. The standard InChI is InChI=1S/C31H40ClN3O3.C30H38ClN3O4/c1-2-37-31(36)35-20-16-26-27-22-24(32)12-15-28(27)33-29(26)30(35)23-10-13-25(14-11-23)38-21-9-4-3-6-17-34-18-7-5-8-19-34;1-2-37-30(35)34-15-13-25-26-21-23(31)9-12-27(26)32-28(25)29(34)22-7-10-24(11-8-22)38-18-6-4-3-5-14-33-16-19-36-20-17-33/h10-15,22,30,33H,2-9,16-21H2,1H3;7-12,21,29,32H,2-6,13-20H2,1H3. The molecule has 2 atom stereocenters.